The fourth-order valence-corrected chi connectivity index (χ4v) is 3.08. The van der Waals surface area contributed by atoms with Crippen molar-refractivity contribution >= 4 is 11.5 Å². The molecule has 1 N–H and O–H groups in total. The second kappa shape index (κ2) is 8.01. The molecule has 0 unspecified atom stereocenters. The van der Waals surface area contributed by atoms with Crippen molar-refractivity contribution in [2.45, 2.75) is 33.7 Å². The van der Waals surface area contributed by atoms with E-state index in [-0.39, 0.29) is 0 Å². The van der Waals surface area contributed by atoms with E-state index in [4.69, 9.17) is 9.52 Å². The van der Waals surface area contributed by atoms with Crippen LogP contribution in [-0.4, -0.2) is 35.7 Å². The molecule has 0 spiro atoms. The summed E-state index contributed by atoms with van der Waals surface area (Å²) in [4.78, 5) is 7.10. The molecule has 1 aliphatic heterocycles. The van der Waals surface area contributed by atoms with Crippen LogP contribution in [0, 0.1) is 13.8 Å². The zero-order chi connectivity index (χ0) is 17.6. The van der Waals surface area contributed by atoms with Crippen LogP contribution >= 0.6 is 0 Å². The molecule has 2 heterocycles. The van der Waals surface area contributed by atoms with Crippen LogP contribution in [0.25, 0.3) is 5.57 Å². The molecule has 0 aliphatic carbocycles. The van der Waals surface area contributed by atoms with Gasteiger partial charge in [-0.3, -0.25) is 0 Å². The maximum absolute atomic E-state index is 5.23. The summed E-state index contributed by atoms with van der Waals surface area (Å²) in [5, 5.41) is 7.41. The molecule has 0 radical (unpaired) electrons. The van der Waals surface area contributed by atoms with Crippen molar-refractivity contribution < 1.29 is 4.52 Å². The largest absolute Gasteiger partial charge is 0.361 e. The second-order valence-electron chi connectivity index (χ2n) is 6.26. The predicted octanol–water partition coefficient (Wildman–Crippen LogP) is 3.55. The smallest absolute Gasteiger partial charge is 0.194 e. The minimum atomic E-state index is 0.593. The summed E-state index contributed by atoms with van der Waals surface area (Å²) >= 11 is 0. The van der Waals surface area contributed by atoms with Crippen LogP contribution in [0.5, 0.6) is 0 Å². The van der Waals surface area contributed by atoms with Gasteiger partial charge in [0.15, 0.2) is 5.96 Å². The summed E-state index contributed by atoms with van der Waals surface area (Å²) in [6.07, 6.45) is 3.33. The molecular formula is C20H26N4O. The van der Waals surface area contributed by atoms with Crippen LogP contribution in [0.3, 0.4) is 0 Å². The molecule has 0 amide bonds. The lowest BCUT2D eigenvalue weighted by atomic mass is 10.00. The first-order valence-electron chi connectivity index (χ1n) is 8.88. The minimum absolute atomic E-state index is 0.593. The topological polar surface area (TPSA) is 53.7 Å². The molecular weight excluding hydrogens is 312 g/mol. The standard InChI is InChI=1S/C20H26N4O/c1-4-21-20(22-14-19-15(2)23-25-16(19)3)24-12-10-18(11-13-24)17-8-6-5-7-9-17/h5-10H,4,11-14H2,1-3H3,(H,21,22). The van der Waals surface area contributed by atoms with Gasteiger partial charge in [0, 0.05) is 25.2 Å². The van der Waals surface area contributed by atoms with Crippen LogP contribution < -0.4 is 5.32 Å². The van der Waals surface area contributed by atoms with Gasteiger partial charge in [-0.15, -0.1) is 0 Å². The Balaban J connectivity index is 1.71. The van der Waals surface area contributed by atoms with Crippen LogP contribution in [0.15, 0.2) is 45.9 Å². The van der Waals surface area contributed by atoms with Crippen molar-refractivity contribution in [1.29, 1.82) is 0 Å². The number of benzene rings is 1. The number of rotatable bonds is 4. The van der Waals surface area contributed by atoms with Gasteiger partial charge in [0.05, 0.1) is 12.2 Å². The molecule has 5 nitrogen and oxygen atoms in total. The lowest BCUT2D eigenvalue weighted by molar-refractivity contribution is 0.392. The average Bonchev–Trinajstić information content (AvgIpc) is 2.98. The van der Waals surface area contributed by atoms with E-state index in [9.17, 15) is 0 Å². The highest BCUT2D eigenvalue weighted by Crippen LogP contribution is 2.22. The summed E-state index contributed by atoms with van der Waals surface area (Å²) < 4.78 is 5.23. The number of nitrogens with zero attached hydrogens (tertiary/aromatic N) is 3. The summed E-state index contributed by atoms with van der Waals surface area (Å²) in [5.74, 6) is 1.80. The van der Waals surface area contributed by atoms with E-state index in [1.807, 2.05) is 13.8 Å². The van der Waals surface area contributed by atoms with E-state index in [1.54, 1.807) is 0 Å². The van der Waals surface area contributed by atoms with Gasteiger partial charge in [-0.1, -0.05) is 41.6 Å². The Morgan fingerprint density at radius 3 is 2.68 bits per heavy atom. The number of hydrogen-bond acceptors (Lipinski definition) is 3. The first-order chi connectivity index (χ1) is 12.2. The van der Waals surface area contributed by atoms with E-state index in [2.05, 4.69) is 58.7 Å². The Morgan fingerprint density at radius 2 is 2.08 bits per heavy atom. The molecule has 0 fully saturated rings. The van der Waals surface area contributed by atoms with Gasteiger partial charge in [0.25, 0.3) is 0 Å². The lowest BCUT2D eigenvalue weighted by Crippen LogP contribution is -2.43. The number of aryl methyl sites for hydroxylation is 2. The number of aliphatic imine (C=N–C) groups is 1. The van der Waals surface area contributed by atoms with Crippen molar-refractivity contribution in [2.24, 2.45) is 4.99 Å². The van der Waals surface area contributed by atoms with Gasteiger partial charge in [-0.05, 0) is 38.3 Å². The van der Waals surface area contributed by atoms with Gasteiger partial charge >= 0.3 is 0 Å². The van der Waals surface area contributed by atoms with E-state index in [0.717, 1.165) is 49.0 Å². The summed E-state index contributed by atoms with van der Waals surface area (Å²) in [6.45, 7) is 9.28. The Labute approximate surface area is 149 Å². The normalized spacial score (nSPS) is 15.2. The Kier molecular flexibility index (Phi) is 5.53. The van der Waals surface area contributed by atoms with Gasteiger partial charge in [-0.25, -0.2) is 4.99 Å². The molecule has 0 saturated heterocycles. The van der Waals surface area contributed by atoms with Crippen molar-refractivity contribution in [3.8, 4) is 0 Å². The molecule has 1 aliphatic rings. The Hall–Kier alpha value is -2.56. The Morgan fingerprint density at radius 1 is 1.28 bits per heavy atom. The van der Waals surface area contributed by atoms with Gasteiger partial charge in [0.2, 0.25) is 0 Å². The van der Waals surface area contributed by atoms with E-state index < -0.39 is 0 Å². The molecule has 0 atom stereocenters. The number of nitrogens with one attached hydrogen (secondary N) is 1. The lowest BCUT2D eigenvalue weighted by Gasteiger charge is -2.29. The molecule has 1 aromatic heterocycles. The molecule has 1 aromatic carbocycles. The zero-order valence-corrected chi connectivity index (χ0v) is 15.2. The van der Waals surface area contributed by atoms with Crippen molar-refractivity contribution in [3.05, 3.63) is 59.0 Å². The van der Waals surface area contributed by atoms with Crippen LogP contribution in [-0.2, 0) is 6.54 Å². The molecule has 3 rings (SSSR count). The zero-order valence-electron chi connectivity index (χ0n) is 15.2. The number of hydrogen-bond donors (Lipinski definition) is 1. The van der Waals surface area contributed by atoms with Gasteiger partial charge in [0.1, 0.15) is 5.76 Å². The minimum Gasteiger partial charge on any atom is -0.361 e. The third-order valence-corrected chi connectivity index (χ3v) is 4.56. The average molecular weight is 338 g/mol. The molecule has 25 heavy (non-hydrogen) atoms. The second-order valence-corrected chi connectivity index (χ2v) is 6.26. The van der Waals surface area contributed by atoms with Crippen molar-refractivity contribution in [3.63, 3.8) is 0 Å². The molecule has 0 saturated carbocycles. The maximum atomic E-state index is 5.23. The van der Waals surface area contributed by atoms with E-state index in [0.29, 0.717) is 6.54 Å². The SMILES string of the molecule is CCNC(=NCc1c(C)noc1C)N1CC=C(c2ccccc2)CC1. The highest BCUT2D eigenvalue weighted by molar-refractivity contribution is 5.81. The van der Waals surface area contributed by atoms with Crippen LogP contribution in [0.2, 0.25) is 0 Å². The van der Waals surface area contributed by atoms with Crippen LogP contribution in [0.1, 0.15) is 35.9 Å². The monoisotopic (exact) mass is 338 g/mol. The van der Waals surface area contributed by atoms with E-state index in [1.165, 1.54) is 11.1 Å². The van der Waals surface area contributed by atoms with Crippen molar-refractivity contribution in [1.82, 2.24) is 15.4 Å². The fraction of sp³-hybridized carbons (Fsp3) is 0.400. The van der Waals surface area contributed by atoms with E-state index >= 15 is 0 Å². The predicted molar refractivity (Wildman–Crippen MR) is 101 cm³/mol. The first-order valence-corrected chi connectivity index (χ1v) is 8.88. The molecule has 2 aromatic rings. The van der Waals surface area contributed by atoms with Gasteiger partial charge < -0.3 is 14.7 Å². The number of aromatic nitrogens is 1. The molecule has 132 valence electrons. The van der Waals surface area contributed by atoms with Gasteiger partial charge in [-0.2, -0.15) is 0 Å². The number of guanidine groups is 1. The maximum Gasteiger partial charge on any atom is 0.194 e. The van der Waals surface area contributed by atoms with Crippen molar-refractivity contribution in [2.75, 3.05) is 19.6 Å². The highest BCUT2D eigenvalue weighted by atomic mass is 16.5. The Bertz CT molecular complexity index is 742. The summed E-state index contributed by atoms with van der Waals surface area (Å²) in [6, 6.07) is 10.6. The third kappa shape index (κ3) is 4.10. The third-order valence-electron chi connectivity index (χ3n) is 4.56. The molecule has 5 heteroatoms. The summed E-state index contributed by atoms with van der Waals surface area (Å²) in [7, 11) is 0. The summed E-state index contributed by atoms with van der Waals surface area (Å²) in [5.41, 5.74) is 4.73. The molecule has 0 bridgehead atoms. The highest BCUT2D eigenvalue weighted by Gasteiger charge is 2.17. The van der Waals surface area contributed by atoms with Crippen LogP contribution in [0.4, 0.5) is 0 Å². The quantitative estimate of drug-likeness (QED) is 0.684. The fourth-order valence-electron chi connectivity index (χ4n) is 3.08. The first kappa shape index (κ1) is 17.3.